The van der Waals surface area contributed by atoms with Gasteiger partial charge in [0.1, 0.15) is 0 Å². The average molecular weight is 297 g/mol. The molecule has 5 heteroatoms. The van der Waals surface area contributed by atoms with Crippen molar-refractivity contribution in [1.29, 1.82) is 0 Å². The molecule has 1 atom stereocenters. The maximum Gasteiger partial charge on any atom is 0.204 e. The van der Waals surface area contributed by atoms with Crippen molar-refractivity contribution in [3.63, 3.8) is 0 Å². The standard InChI is InChI=1S/C14H17ClN2OS/c1-10(6-16)8-19-9-14-17-7-13(18-14)11-2-4-12(15)5-3-11/h2-5,7,10H,6,8-9,16H2,1H3. The Hall–Kier alpha value is -0.970. The van der Waals surface area contributed by atoms with Crippen LogP contribution in [0.3, 0.4) is 0 Å². The molecule has 0 aliphatic rings. The lowest BCUT2D eigenvalue weighted by atomic mass is 10.2. The SMILES string of the molecule is CC(CN)CSCc1ncc(-c2ccc(Cl)cc2)o1. The smallest absolute Gasteiger partial charge is 0.204 e. The van der Waals surface area contributed by atoms with Gasteiger partial charge in [-0.3, -0.25) is 0 Å². The lowest BCUT2D eigenvalue weighted by Crippen LogP contribution is -2.12. The molecule has 2 aromatic rings. The molecule has 0 fully saturated rings. The van der Waals surface area contributed by atoms with Crippen molar-refractivity contribution in [3.05, 3.63) is 41.4 Å². The Morgan fingerprint density at radius 1 is 1.37 bits per heavy atom. The maximum absolute atomic E-state index is 5.86. The number of thioether (sulfide) groups is 1. The molecule has 2 N–H and O–H groups in total. The van der Waals surface area contributed by atoms with E-state index in [1.807, 2.05) is 24.3 Å². The quantitative estimate of drug-likeness (QED) is 0.880. The minimum atomic E-state index is 0.524. The van der Waals surface area contributed by atoms with Gasteiger partial charge >= 0.3 is 0 Å². The lowest BCUT2D eigenvalue weighted by Gasteiger charge is -2.05. The van der Waals surface area contributed by atoms with Crippen LogP contribution in [0.4, 0.5) is 0 Å². The molecule has 19 heavy (non-hydrogen) atoms. The zero-order valence-corrected chi connectivity index (χ0v) is 12.4. The summed E-state index contributed by atoms with van der Waals surface area (Å²) in [5.41, 5.74) is 6.57. The van der Waals surface area contributed by atoms with Gasteiger partial charge in [0.25, 0.3) is 0 Å². The van der Waals surface area contributed by atoms with Gasteiger partial charge in [-0.15, -0.1) is 0 Å². The molecular weight excluding hydrogens is 280 g/mol. The number of rotatable bonds is 6. The first kappa shape index (κ1) is 14.4. The highest BCUT2D eigenvalue weighted by atomic mass is 35.5. The van der Waals surface area contributed by atoms with Crippen LogP contribution in [0.1, 0.15) is 12.8 Å². The molecule has 3 nitrogen and oxygen atoms in total. The van der Waals surface area contributed by atoms with Gasteiger partial charge in [-0.25, -0.2) is 4.98 Å². The van der Waals surface area contributed by atoms with Crippen LogP contribution in [0.2, 0.25) is 5.02 Å². The fourth-order valence-electron chi connectivity index (χ4n) is 1.54. The van der Waals surface area contributed by atoms with Gasteiger partial charge < -0.3 is 10.2 Å². The summed E-state index contributed by atoms with van der Waals surface area (Å²) in [5, 5.41) is 0.717. The summed E-state index contributed by atoms with van der Waals surface area (Å²) in [6.45, 7) is 2.86. The molecule has 1 aromatic carbocycles. The van der Waals surface area contributed by atoms with E-state index < -0.39 is 0 Å². The van der Waals surface area contributed by atoms with E-state index in [4.69, 9.17) is 21.8 Å². The van der Waals surface area contributed by atoms with Crippen LogP contribution in [-0.2, 0) is 5.75 Å². The third kappa shape index (κ3) is 4.27. The number of halogens is 1. The first-order chi connectivity index (χ1) is 9.19. The molecule has 0 aliphatic heterocycles. The van der Waals surface area contributed by atoms with Crippen molar-refractivity contribution in [2.45, 2.75) is 12.7 Å². The monoisotopic (exact) mass is 296 g/mol. The zero-order chi connectivity index (χ0) is 13.7. The first-order valence-electron chi connectivity index (χ1n) is 6.17. The second-order valence-corrected chi connectivity index (χ2v) is 5.95. The largest absolute Gasteiger partial charge is 0.440 e. The van der Waals surface area contributed by atoms with Gasteiger partial charge in [-0.2, -0.15) is 11.8 Å². The Kier molecular flexibility index (Phi) is 5.31. The minimum Gasteiger partial charge on any atom is -0.440 e. The number of hydrogen-bond acceptors (Lipinski definition) is 4. The average Bonchev–Trinajstić information content (AvgIpc) is 2.88. The molecule has 0 bridgehead atoms. The Morgan fingerprint density at radius 2 is 2.11 bits per heavy atom. The fraction of sp³-hybridized carbons (Fsp3) is 0.357. The van der Waals surface area contributed by atoms with E-state index in [1.165, 1.54) is 0 Å². The van der Waals surface area contributed by atoms with Crippen LogP contribution < -0.4 is 5.73 Å². The Bertz CT molecular complexity index is 512. The van der Waals surface area contributed by atoms with E-state index in [-0.39, 0.29) is 0 Å². The van der Waals surface area contributed by atoms with Gasteiger partial charge in [-0.1, -0.05) is 18.5 Å². The van der Waals surface area contributed by atoms with Crippen molar-refractivity contribution in [1.82, 2.24) is 4.98 Å². The third-order valence-electron chi connectivity index (χ3n) is 2.71. The second-order valence-electron chi connectivity index (χ2n) is 4.48. The van der Waals surface area contributed by atoms with Gasteiger partial charge in [0.05, 0.1) is 11.9 Å². The molecule has 0 saturated carbocycles. The highest BCUT2D eigenvalue weighted by molar-refractivity contribution is 7.98. The van der Waals surface area contributed by atoms with Gasteiger partial charge in [0.15, 0.2) is 5.76 Å². The van der Waals surface area contributed by atoms with Crippen LogP contribution in [-0.4, -0.2) is 17.3 Å². The predicted molar refractivity (Wildman–Crippen MR) is 81.3 cm³/mol. The molecule has 0 aliphatic carbocycles. The Morgan fingerprint density at radius 3 is 2.79 bits per heavy atom. The summed E-state index contributed by atoms with van der Waals surface area (Å²) in [7, 11) is 0. The molecule has 0 saturated heterocycles. The third-order valence-corrected chi connectivity index (χ3v) is 4.22. The predicted octanol–water partition coefficient (Wildman–Crippen LogP) is 3.82. The summed E-state index contributed by atoms with van der Waals surface area (Å²) >= 11 is 7.65. The highest BCUT2D eigenvalue weighted by Crippen LogP contribution is 2.24. The number of hydrogen-bond donors (Lipinski definition) is 1. The van der Waals surface area contributed by atoms with Crippen molar-refractivity contribution in [2.24, 2.45) is 11.7 Å². The van der Waals surface area contributed by atoms with Crippen molar-refractivity contribution in [2.75, 3.05) is 12.3 Å². The zero-order valence-electron chi connectivity index (χ0n) is 10.8. The number of aromatic nitrogens is 1. The number of oxazole rings is 1. The summed E-state index contributed by atoms with van der Waals surface area (Å²) in [6.07, 6.45) is 1.76. The number of benzene rings is 1. The number of nitrogens with two attached hydrogens (primary N) is 1. The van der Waals surface area contributed by atoms with Crippen molar-refractivity contribution in [3.8, 4) is 11.3 Å². The van der Waals surface area contributed by atoms with Crippen LogP contribution in [0.15, 0.2) is 34.9 Å². The summed E-state index contributed by atoms with van der Waals surface area (Å²) in [6, 6.07) is 7.54. The molecule has 2 rings (SSSR count). The van der Waals surface area contributed by atoms with E-state index in [9.17, 15) is 0 Å². The van der Waals surface area contributed by atoms with Crippen LogP contribution in [0, 0.1) is 5.92 Å². The van der Waals surface area contributed by atoms with Crippen LogP contribution >= 0.6 is 23.4 Å². The van der Waals surface area contributed by atoms with Gasteiger partial charge in [0, 0.05) is 10.6 Å². The summed E-state index contributed by atoms with van der Waals surface area (Å²) in [4.78, 5) is 4.29. The molecular formula is C14H17ClN2OS. The van der Waals surface area contributed by atoms with Gasteiger partial charge in [-0.05, 0) is 42.5 Å². The van der Waals surface area contributed by atoms with E-state index in [2.05, 4.69) is 11.9 Å². The van der Waals surface area contributed by atoms with E-state index >= 15 is 0 Å². The lowest BCUT2D eigenvalue weighted by molar-refractivity contribution is 0.529. The van der Waals surface area contributed by atoms with Crippen molar-refractivity contribution < 1.29 is 4.42 Å². The van der Waals surface area contributed by atoms with Crippen LogP contribution in [0.5, 0.6) is 0 Å². The second kappa shape index (κ2) is 6.98. The minimum absolute atomic E-state index is 0.524. The van der Waals surface area contributed by atoms with Crippen molar-refractivity contribution >= 4 is 23.4 Å². The maximum atomic E-state index is 5.86. The topological polar surface area (TPSA) is 52.0 Å². The molecule has 0 amide bonds. The van der Waals surface area contributed by atoms with E-state index in [1.54, 1.807) is 18.0 Å². The Labute approximate surface area is 122 Å². The molecule has 102 valence electrons. The van der Waals surface area contributed by atoms with Gasteiger partial charge in [0.2, 0.25) is 5.89 Å². The number of nitrogens with zero attached hydrogens (tertiary/aromatic N) is 1. The van der Waals surface area contributed by atoms with E-state index in [0.29, 0.717) is 12.5 Å². The van der Waals surface area contributed by atoms with Crippen LogP contribution in [0.25, 0.3) is 11.3 Å². The normalized spacial score (nSPS) is 12.6. The highest BCUT2D eigenvalue weighted by Gasteiger charge is 2.07. The molecule has 1 aromatic heterocycles. The summed E-state index contributed by atoms with van der Waals surface area (Å²) < 4.78 is 5.72. The molecule has 1 heterocycles. The fourth-order valence-corrected chi connectivity index (χ4v) is 2.63. The van der Waals surface area contributed by atoms with E-state index in [0.717, 1.165) is 33.7 Å². The summed E-state index contributed by atoms with van der Waals surface area (Å²) in [5.74, 6) is 3.85. The molecule has 1 unspecified atom stereocenters. The molecule has 0 radical (unpaired) electrons. The first-order valence-corrected chi connectivity index (χ1v) is 7.70. The Balaban J connectivity index is 1.93. The molecule has 0 spiro atoms.